The number of benzene rings is 2. The fourth-order valence-electron chi connectivity index (χ4n) is 7.56. The van der Waals surface area contributed by atoms with Crippen molar-refractivity contribution in [2.24, 2.45) is 0 Å². The molecule has 13 heteroatoms. The number of para-hydroxylation sites is 1. The van der Waals surface area contributed by atoms with Gasteiger partial charge in [0, 0.05) is 36.0 Å². The molecule has 4 heterocycles. The third-order valence-electron chi connectivity index (χ3n) is 9.60. The molecule has 240 valence electrons. The van der Waals surface area contributed by atoms with Gasteiger partial charge in [0.1, 0.15) is 11.4 Å². The van der Waals surface area contributed by atoms with Gasteiger partial charge in [-0.2, -0.15) is 13.7 Å². The lowest BCUT2D eigenvalue weighted by molar-refractivity contribution is -0.699. The number of imide groups is 1. The molecule has 1 N–H and O–H groups in total. The minimum Gasteiger partial charge on any atom is -0.497 e. The van der Waals surface area contributed by atoms with Crippen LogP contribution in [0.2, 0.25) is 0 Å². The number of carbonyl (C=O) groups is 2. The van der Waals surface area contributed by atoms with Crippen LogP contribution in [0.1, 0.15) is 36.8 Å². The minimum atomic E-state index is -5.03. The zero-order valence-electron chi connectivity index (χ0n) is 25.7. The minimum absolute atomic E-state index is 0.0628. The Hall–Kier alpha value is -4.35. The number of piperazine rings is 1. The quantitative estimate of drug-likeness (QED) is 0.377. The van der Waals surface area contributed by atoms with Gasteiger partial charge in [-0.15, -0.1) is 0 Å². The summed E-state index contributed by atoms with van der Waals surface area (Å²) in [5.74, 6) is -1.91. The maximum Gasteiger partial charge on any atom is 0.361 e. The zero-order valence-corrected chi connectivity index (χ0v) is 26.5. The van der Waals surface area contributed by atoms with Gasteiger partial charge in [0.05, 0.1) is 12.7 Å². The van der Waals surface area contributed by atoms with Crippen LogP contribution in [-0.4, -0.2) is 91.0 Å². The number of carbonyl (C=O) groups excluding carboxylic acids is 2. The molecule has 2 amide bonds. The highest BCUT2D eigenvalue weighted by molar-refractivity contribution is 7.86. The number of fused-ring (bicyclic) bond motifs is 1. The van der Waals surface area contributed by atoms with Crippen molar-refractivity contribution in [2.75, 3.05) is 45.2 Å². The van der Waals surface area contributed by atoms with E-state index in [1.165, 1.54) is 30.5 Å². The molecule has 0 radical (unpaired) electrons. The lowest BCUT2D eigenvalue weighted by atomic mass is 9.69. The van der Waals surface area contributed by atoms with Crippen LogP contribution in [0.15, 0.2) is 77.8 Å². The number of hydrogen-bond donors (Lipinski definition) is 1. The second-order valence-electron chi connectivity index (χ2n) is 11.9. The van der Waals surface area contributed by atoms with Gasteiger partial charge in [-0.1, -0.05) is 40.3 Å². The van der Waals surface area contributed by atoms with Crippen LogP contribution in [0.3, 0.4) is 0 Å². The summed E-state index contributed by atoms with van der Waals surface area (Å²) in [6, 6.07) is 18.1. The number of hydrogen-bond acceptors (Lipinski definition) is 11. The summed E-state index contributed by atoms with van der Waals surface area (Å²) in [7, 11) is -3.04. The predicted molar refractivity (Wildman–Crippen MR) is 166 cm³/mol. The van der Waals surface area contributed by atoms with E-state index in [0.29, 0.717) is 31.5 Å². The summed E-state index contributed by atoms with van der Waals surface area (Å²) in [5.41, 5.74) is -0.427. The number of pyridine rings is 1. The molecule has 12 nitrogen and oxygen atoms in total. The summed E-state index contributed by atoms with van der Waals surface area (Å²) in [4.78, 5) is 37.5. The Morgan fingerprint density at radius 1 is 1.13 bits per heavy atom. The second-order valence-corrected chi connectivity index (χ2v) is 14.0. The number of carboxylic acid groups (broad SMARTS) is 1. The fourth-order valence-corrected chi connectivity index (χ4v) is 9.31. The van der Waals surface area contributed by atoms with E-state index in [9.17, 15) is 23.6 Å². The van der Waals surface area contributed by atoms with Crippen molar-refractivity contribution in [3.05, 3.63) is 84.1 Å². The van der Waals surface area contributed by atoms with Crippen LogP contribution < -0.4 is 15.2 Å². The molecular formula is C33H36N6O6S. The van der Waals surface area contributed by atoms with Gasteiger partial charge in [0.15, 0.2) is 11.6 Å². The number of amides is 2. The van der Waals surface area contributed by atoms with Gasteiger partial charge < -0.3 is 24.9 Å². The molecule has 3 aliphatic heterocycles. The van der Waals surface area contributed by atoms with Gasteiger partial charge in [-0.3, -0.25) is 4.90 Å². The van der Waals surface area contributed by atoms with E-state index in [1.54, 1.807) is 30.0 Å². The molecule has 3 aromatic rings. The number of ether oxygens (including phenoxy) is 1. The predicted octanol–water partition coefficient (Wildman–Crippen LogP) is 2.26. The van der Waals surface area contributed by atoms with Crippen LogP contribution in [-0.2, 0) is 20.4 Å². The van der Waals surface area contributed by atoms with E-state index in [0.717, 1.165) is 5.69 Å². The molecule has 2 fully saturated rings. The van der Waals surface area contributed by atoms with E-state index in [1.807, 2.05) is 31.3 Å². The Bertz CT molecular complexity index is 1790. The normalized spacial score (nSPS) is 27.4. The second kappa shape index (κ2) is 12.1. The molecule has 6 rings (SSSR count). The number of likely N-dealkylation sites (tertiary alicyclic amines) is 1. The summed E-state index contributed by atoms with van der Waals surface area (Å²) >= 11 is 0. The van der Waals surface area contributed by atoms with Crippen molar-refractivity contribution in [3.8, 4) is 11.9 Å². The van der Waals surface area contributed by atoms with Gasteiger partial charge in [0.25, 0.3) is 6.09 Å². The number of quaternary nitrogens is 1. The highest BCUT2D eigenvalue weighted by atomic mass is 32.2. The highest BCUT2D eigenvalue weighted by Crippen LogP contribution is 2.56. The molecule has 46 heavy (non-hydrogen) atoms. The molecule has 0 saturated carbocycles. The topological polar surface area (TPSA) is 156 Å². The Morgan fingerprint density at radius 3 is 2.50 bits per heavy atom. The number of nitriles is 1. The lowest BCUT2D eigenvalue weighted by Crippen LogP contribution is -2.81. The molecule has 0 spiro atoms. The third-order valence-corrected chi connectivity index (χ3v) is 11.8. The van der Waals surface area contributed by atoms with Gasteiger partial charge in [-0.05, 0) is 75.8 Å². The lowest BCUT2D eigenvalue weighted by Gasteiger charge is -2.57. The Labute approximate surface area is 268 Å². The number of anilines is 1. The maximum absolute atomic E-state index is 15.9. The van der Waals surface area contributed by atoms with Crippen molar-refractivity contribution in [1.82, 2.24) is 14.8 Å². The van der Waals surface area contributed by atoms with E-state index in [-0.39, 0.29) is 35.5 Å². The fraction of sp³-hybridized carbons (Fsp3) is 0.394. The molecule has 0 aliphatic carbocycles. The standard InChI is InChI=1S/C33H36N6O6S/c1-3-45-30-27(13-9-17-35-30)33(28-21-36-29-14-8-7-12-26(28)29)31(40)39(32(41)42,46(43,44)25-10-5-4-6-11-25)22-24(20-34)38(33)23-15-18-37(2)19-16-23/h4-14,17,23-24,28,36H,3,15-16,18-19,21-22H2,1-2H3. The van der Waals surface area contributed by atoms with Crippen molar-refractivity contribution in [1.29, 1.82) is 5.26 Å². The first-order chi connectivity index (χ1) is 22.1. The van der Waals surface area contributed by atoms with Crippen LogP contribution in [0.4, 0.5) is 10.5 Å². The third kappa shape index (κ3) is 4.59. The average Bonchev–Trinajstić information content (AvgIpc) is 3.50. The molecule has 4 unspecified atom stereocenters. The molecule has 1 aromatic heterocycles. The Kier molecular flexibility index (Phi) is 8.32. The summed E-state index contributed by atoms with van der Waals surface area (Å²) in [5, 5.41) is 27.8. The summed E-state index contributed by atoms with van der Waals surface area (Å²) in [6.07, 6.45) is 0.501. The largest absolute Gasteiger partial charge is 0.497 e. The number of nitrogens with zero attached hydrogens (tertiary/aromatic N) is 5. The molecule has 0 bridgehead atoms. The maximum atomic E-state index is 15.9. The van der Waals surface area contributed by atoms with E-state index < -0.39 is 50.0 Å². The number of piperidine rings is 1. The number of rotatable bonds is 7. The first-order valence-electron chi connectivity index (χ1n) is 15.4. The molecule has 4 atom stereocenters. The first kappa shape index (κ1) is 31.6. The highest BCUT2D eigenvalue weighted by Gasteiger charge is 2.73. The van der Waals surface area contributed by atoms with Crippen molar-refractivity contribution < 1.29 is 31.7 Å². The monoisotopic (exact) mass is 644 g/mol. The number of nitrogens with one attached hydrogen (secondary N) is 1. The molecule has 3 aliphatic rings. The SMILES string of the molecule is CCOc1ncccc1C1(C2CNc3ccccc32)C(=O)[N+](C(=O)[O-])(S(=O)(=O)c2ccccc2)CC(C#N)N1C1CCN(C)CC1. The molecular weight excluding hydrogens is 608 g/mol. The van der Waals surface area contributed by atoms with E-state index >= 15 is 4.79 Å². The van der Waals surface area contributed by atoms with Crippen LogP contribution in [0.5, 0.6) is 5.88 Å². The van der Waals surface area contributed by atoms with Crippen LogP contribution in [0, 0.1) is 11.3 Å². The van der Waals surface area contributed by atoms with E-state index in [2.05, 4.69) is 21.3 Å². The molecule has 2 aromatic carbocycles. The van der Waals surface area contributed by atoms with Gasteiger partial charge >= 0.3 is 15.9 Å². The van der Waals surface area contributed by atoms with Gasteiger partial charge in [-0.25, -0.2) is 9.78 Å². The summed E-state index contributed by atoms with van der Waals surface area (Å²) < 4.78 is 33.3. The Balaban J connectivity index is 1.75. The van der Waals surface area contributed by atoms with Crippen molar-refractivity contribution in [2.45, 2.75) is 48.2 Å². The zero-order chi connectivity index (χ0) is 32.7. The number of aromatic nitrogens is 1. The number of sulfonamides is 1. The van der Waals surface area contributed by atoms with Crippen LogP contribution in [0.25, 0.3) is 0 Å². The smallest absolute Gasteiger partial charge is 0.361 e. The van der Waals surface area contributed by atoms with Crippen molar-refractivity contribution >= 4 is 27.7 Å². The van der Waals surface area contributed by atoms with Gasteiger partial charge in [0.2, 0.25) is 5.88 Å². The van der Waals surface area contributed by atoms with Crippen molar-refractivity contribution in [3.63, 3.8) is 0 Å². The average molecular weight is 645 g/mol. The summed E-state index contributed by atoms with van der Waals surface area (Å²) in [6.45, 7) is 2.57. The van der Waals surface area contributed by atoms with E-state index in [4.69, 9.17) is 4.74 Å². The first-order valence-corrected chi connectivity index (χ1v) is 16.8. The Morgan fingerprint density at radius 2 is 1.83 bits per heavy atom. The molecule has 2 saturated heterocycles. The van der Waals surface area contributed by atoms with Crippen LogP contribution >= 0.6 is 0 Å².